The first-order chi connectivity index (χ1) is 13.7. The summed E-state index contributed by atoms with van der Waals surface area (Å²) < 4.78 is 7.82. The molecule has 28 heavy (non-hydrogen) atoms. The molecule has 1 aliphatic rings. The van der Waals surface area contributed by atoms with Gasteiger partial charge in [-0.15, -0.1) is 0 Å². The number of fused-ring (bicyclic) bond motifs is 1. The molecule has 0 spiro atoms. The van der Waals surface area contributed by atoms with Crippen LogP contribution in [0.1, 0.15) is 59.8 Å². The second-order valence-corrected chi connectivity index (χ2v) is 7.54. The highest BCUT2D eigenvalue weighted by molar-refractivity contribution is 6.08. The Morgan fingerprint density at radius 1 is 1.18 bits per heavy atom. The van der Waals surface area contributed by atoms with Crippen LogP contribution < -0.4 is 10.1 Å². The second-order valence-electron chi connectivity index (χ2n) is 7.54. The van der Waals surface area contributed by atoms with Crippen LogP contribution in [0.15, 0.2) is 42.7 Å². The zero-order valence-corrected chi connectivity index (χ0v) is 16.6. The van der Waals surface area contributed by atoms with Crippen molar-refractivity contribution in [3.8, 4) is 5.75 Å². The van der Waals surface area contributed by atoms with E-state index in [1.807, 2.05) is 24.3 Å². The lowest BCUT2D eigenvalue weighted by atomic mass is 9.95. The van der Waals surface area contributed by atoms with Crippen LogP contribution >= 0.6 is 0 Å². The molecule has 5 heteroatoms. The first kappa shape index (κ1) is 18.5. The molecule has 4 rings (SSSR count). The third kappa shape index (κ3) is 3.49. The van der Waals surface area contributed by atoms with Gasteiger partial charge in [-0.3, -0.25) is 9.78 Å². The summed E-state index contributed by atoms with van der Waals surface area (Å²) in [5, 5.41) is 4.05. The van der Waals surface area contributed by atoms with Crippen LogP contribution in [0.5, 0.6) is 5.75 Å². The Kier molecular flexibility index (Phi) is 5.33. The summed E-state index contributed by atoms with van der Waals surface area (Å²) in [5.41, 5.74) is 3.96. The van der Waals surface area contributed by atoms with Crippen LogP contribution in [-0.2, 0) is 6.54 Å². The molecule has 0 bridgehead atoms. The molecule has 3 aromatic rings. The van der Waals surface area contributed by atoms with E-state index in [1.165, 1.54) is 32.1 Å². The molecule has 1 fully saturated rings. The van der Waals surface area contributed by atoms with Crippen molar-refractivity contribution >= 4 is 16.8 Å². The van der Waals surface area contributed by atoms with E-state index in [1.54, 1.807) is 19.5 Å². The van der Waals surface area contributed by atoms with Crippen LogP contribution in [0, 0.1) is 6.92 Å². The number of nitrogens with one attached hydrogen (secondary N) is 1. The molecule has 0 atom stereocenters. The van der Waals surface area contributed by atoms with Crippen molar-refractivity contribution in [1.29, 1.82) is 0 Å². The highest BCUT2D eigenvalue weighted by Crippen LogP contribution is 2.37. The van der Waals surface area contributed by atoms with Gasteiger partial charge >= 0.3 is 0 Å². The van der Waals surface area contributed by atoms with Gasteiger partial charge in [0.05, 0.1) is 12.7 Å². The first-order valence-electron chi connectivity index (χ1n) is 10.0. The zero-order valence-electron chi connectivity index (χ0n) is 16.6. The third-order valence-corrected chi connectivity index (χ3v) is 5.83. The Balaban J connectivity index is 1.73. The normalized spacial score (nSPS) is 14.9. The van der Waals surface area contributed by atoms with E-state index in [2.05, 4.69) is 27.9 Å². The van der Waals surface area contributed by atoms with Crippen molar-refractivity contribution < 1.29 is 9.53 Å². The van der Waals surface area contributed by atoms with Gasteiger partial charge < -0.3 is 14.6 Å². The SMILES string of the molecule is COc1ccc2c(c1)c(C(=O)NCc1ccncc1)c(C)n2C1CCCCC1. The summed E-state index contributed by atoms with van der Waals surface area (Å²) in [5.74, 6) is 0.735. The number of carbonyl (C=O) groups is 1. The van der Waals surface area contributed by atoms with E-state index >= 15 is 0 Å². The third-order valence-electron chi connectivity index (χ3n) is 5.83. The molecule has 0 aliphatic heterocycles. The zero-order chi connectivity index (χ0) is 19.5. The quantitative estimate of drug-likeness (QED) is 0.696. The highest BCUT2D eigenvalue weighted by atomic mass is 16.5. The van der Waals surface area contributed by atoms with Crippen LogP contribution in [0.25, 0.3) is 10.9 Å². The standard InChI is InChI=1S/C23H27N3O2/c1-16-22(23(27)25-15-17-10-12-24-13-11-17)20-14-19(28-2)8-9-21(20)26(16)18-6-4-3-5-7-18/h8-14,18H,3-7,15H2,1-2H3,(H,25,27). The maximum absolute atomic E-state index is 13.2. The van der Waals surface area contributed by atoms with Gasteiger partial charge in [-0.1, -0.05) is 19.3 Å². The van der Waals surface area contributed by atoms with E-state index < -0.39 is 0 Å². The van der Waals surface area contributed by atoms with Gasteiger partial charge in [0.25, 0.3) is 5.91 Å². The number of rotatable bonds is 5. The molecular formula is C23H27N3O2. The Morgan fingerprint density at radius 2 is 1.93 bits per heavy atom. The fraction of sp³-hybridized carbons (Fsp3) is 0.391. The topological polar surface area (TPSA) is 56.1 Å². The van der Waals surface area contributed by atoms with Gasteiger partial charge in [0.15, 0.2) is 0 Å². The van der Waals surface area contributed by atoms with E-state index in [-0.39, 0.29) is 5.91 Å². The van der Waals surface area contributed by atoms with Crippen LogP contribution in [-0.4, -0.2) is 22.6 Å². The van der Waals surface area contributed by atoms with Gasteiger partial charge in [0, 0.05) is 41.6 Å². The summed E-state index contributed by atoms with van der Waals surface area (Å²) in [6, 6.07) is 10.4. The molecule has 1 saturated carbocycles. The maximum Gasteiger partial charge on any atom is 0.254 e. The molecular weight excluding hydrogens is 350 g/mol. The number of nitrogens with zero attached hydrogens (tertiary/aromatic N) is 2. The van der Waals surface area contributed by atoms with E-state index in [4.69, 9.17) is 4.74 Å². The number of carbonyl (C=O) groups excluding carboxylic acids is 1. The first-order valence-corrected chi connectivity index (χ1v) is 10.0. The molecule has 146 valence electrons. The Hall–Kier alpha value is -2.82. The molecule has 2 aromatic heterocycles. The summed E-state index contributed by atoms with van der Waals surface area (Å²) in [6.45, 7) is 2.56. The molecule has 1 N–H and O–H groups in total. The van der Waals surface area contributed by atoms with Crippen molar-refractivity contribution in [1.82, 2.24) is 14.9 Å². The van der Waals surface area contributed by atoms with E-state index in [0.717, 1.165) is 33.5 Å². The highest BCUT2D eigenvalue weighted by Gasteiger charge is 2.25. The largest absolute Gasteiger partial charge is 0.497 e. The average molecular weight is 377 g/mol. The van der Waals surface area contributed by atoms with E-state index in [0.29, 0.717) is 12.6 Å². The predicted molar refractivity (Wildman–Crippen MR) is 111 cm³/mol. The van der Waals surface area contributed by atoms with Gasteiger partial charge in [-0.2, -0.15) is 0 Å². The smallest absolute Gasteiger partial charge is 0.254 e. The van der Waals surface area contributed by atoms with Crippen molar-refractivity contribution in [3.63, 3.8) is 0 Å². The lowest BCUT2D eigenvalue weighted by Crippen LogP contribution is -2.24. The Labute approximate surface area is 165 Å². The summed E-state index contributed by atoms with van der Waals surface area (Å²) in [7, 11) is 1.66. The molecule has 5 nitrogen and oxygen atoms in total. The second kappa shape index (κ2) is 8.05. The minimum Gasteiger partial charge on any atom is -0.497 e. The lowest BCUT2D eigenvalue weighted by molar-refractivity contribution is 0.0951. The Bertz CT molecular complexity index is 972. The van der Waals surface area contributed by atoms with Crippen molar-refractivity contribution in [3.05, 3.63) is 59.5 Å². The molecule has 0 unspecified atom stereocenters. The number of pyridine rings is 1. The number of benzene rings is 1. The predicted octanol–water partition coefficient (Wildman–Crippen LogP) is 4.79. The minimum atomic E-state index is -0.0397. The molecule has 0 radical (unpaired) electrons. The van der Waals surface area contributed by atoms with Gasteiger partial charge in [0.2, 0.25) is 0 Å². The van der Waals surface area contributed by atoms with Gasteiger partial charge in [-0.25, -0.2) is 0 Å². The molecule has 1 amide bonds. The minimum absolute atomic E-state index is 0.0397. The summed E-state index contributed by atoms with van der Waals surface area (Å²) in [6.07, 6.45) is 9.65. The summed E-state index contributed by atoms with van der Waals surface area (Å²) in [4.78, 5) is 17.2. The molecule has 2 heterocycles. The fourth-order valence-corrected chi connectivity index (χ4v) is 4.42. The van der Waals surface area contributed by atoms with Crippen LogP contribution in [0.4, 0.5) is 0 Å². The van der Waals surface area contributed by atoms with E-state index in [9.17, 15) is 4.79 Å². The Morgan fingerprint density at radius 3 is 2.64 bits per heavy atom. The average Bonchev–Trinajstić information content (AvgIpc) is 3.04. The van der Waals surface area contributed by atoms with Crippen LogP contribution in [0.3, 0.4) is 0 Å². The number of ether oxygens (including phenoxy) is 1. The maximum atomic E-state index is 13.2. The number of amides is 1. The van der Waals surface area contributed by atoms with Crippen LogP contribution in [0.2, 0.25) is 0 Å². The summed E-state index contributed by atoms with van der Waals surface area (Å²) >= 11 is 0. The van der Waals surface area contributed by atoms with Crippen molar-refractivity contribution in [2.75, 3.05) is 7.11 Å². The lowest BCUT2D eigenvalue weighted by Gasteiger charge is -2.26. The number of aromatic nitrogens is 2. The van der Waals surface area contributed by atoms with Crippen molar-refractivity contribution in [2.45, 2.75) is 51.6 Å². The number of hydrogen-bond donors (Lipinski definition) is 1. The number of methoxy groups -OCH3 is 1. The van der Waals surface area contributed by atoms with Gasteiger partial charge in [-0.05, 0) is 55.7 Å². The molecule has 1 aromatic carbocycles. The molecule has 1 aliphatic carbocycles. The number of hydrogen-bond acceptors (Lipinski definition) is 3. The fourth-order valence-electron chi connectivity index (χ4n) is 4.42. The monoisotopic (exact) mass is 377 g/mol. The molecule has 0 saturated heterocycles. The van der Waals surface area contributed by atoms with Gasteiger partial charge in [0.1, 0.15) is 5.75 Å². The van der Waals surface area contributed by atoms with Crippen molar-refractivity contribution in [2.24, 2.45) is 0 Å².